The van der Waals surface area contributed by atoms with Gasteiger partial charge in [0.1, 0.15) is 11.5 Å². The number of aryl methyl sites for hydroxylation is 2. The summed E-state index contributed by atoms with van der Waals surface area (Å²) in [4.78, 5) is 11.4. The fraction of sp³-hybridized carbons (Fsp3) is 0.348. The van der Waals surface area contributed by atoms with E-state index in [2.05, 4.69) is 13.5 Å². The molecule has 0 spiro atoms. The maximum absolute atomic E-state index is 11.4. The van der Waals surface area contributed by atoms with E-state index in [0.29, 0.717) is 11.3 Å². The normalized spacial score (nSPS) is 10.4. The Morgan fingerprint density at radius 2 is 1.89 bits per heavy atom. The zero-order valence-corrected chi connectivity index (χ0v) is 17.0. The maximum atomic E-state index is 11.4. The molecule has 0 heterocycles. The summed E-state index contributed by atoms with van der Waals surface area (Å²) in [5, 5.41) is 10.8. The van der Waals surface area contributed by atoms with Gasteiger partial charge in [0.15, 0.2) is 0 Å². The van der Waals surface area contributed by atoms with E-state index in [1.807, 2.05) is 38.1 Å². The molecule has 28 heavy (non-hydrogen) atoms. The van der Waals surface area contributed by atoms with Crippen LogP contribution in [-0.2, 0) is 15.9 Å². The Morgan fingerprint density at radius 1 is 1.14 bits per heavy atom. The molecule has 0 aromatic heterocycles. The molecule has 5 nitrogen and oxygen atoms in total. The lowest BCUT2D eigenvalue weighted by Crippen LogP contribution is -2.12. The van der Waals surface area contributed by atoms with Crippen molar-refractivity contribution in [1.29, 1.82) is 0 Å². The number of phenols is 1. The van der Waals surface area contributed by atoms with Crippen LogP contribution in [0.25, 0.3) is 16.7 Å². The van der Waals surface area contributed by atoms with Crippen molar-refractivity contribution in [1.82, 2.24) is 0 Å². The lowest BCUT2D eigenvalue weighted by atomic mass is 9.92. The van der Waals surface area contributed by atoms with Gasteiger partial charge in [-0.15, -0.1) is 0 Å². The molecule has 1 N–H and O–H groups in total. The van der Waals surface area contributed by atoms with E-state index < -0.39 is 6.16 Å². The highest BCUT2D eigenvalue weighted by molar-refractivity contribution is 5.86. The van der Waals surface area contributed by atoms with Crippen molar-refractivity contribution in [3.05, 3.63) is 53.6 Å². The van der Waals surface area contributed by atoms with Gasteiger partial charge in [0, 0.05) is 0 Å². The van der Waals surface area contributed by atoms with E-state index >= 15 is 0 Å². The average Bonchev–Trinajstić information content (AvgIpc) is 2.61. The van der Waals surface area contributed by atoms with Gasteiger partial charge in [-0.2, -0.15) is 0 Å². The average molecular weight is 384 g/mol. The van der Waals surface area contributed by atoms with Crippen LogP contribution < -0.4 is 4.74 Å². The number of rotatable bonds is 8. The van der Waals surface area contributed by atoms with Crippen LogP contribution in [0.5, 0.6) is 11.5 Å². The Labute approximate surface area is 166 Å². The number of allylic oxidation sites excluding steroid dienone is 1. The van der Waals surface area contributed by atoms with Gasteiger partial charge >= 0.3 is 6.16 Å². The maximum Gasteiger partial charge on any atom is 0.511 e. The highest BCUT2D eigenvalue weighted by Gasteiger charge is 2.18. The highest BCUT2D eigenvalue weighted by atomic mass is 16.8. The number of carbonyl (C=O) groups is 1. The summed E-state index contributed by atoms with van der Waals surface area (Å²) in [6.45, 7) is 11.6. The zero-order valence-electron chi connectivity index (χ0n) is 17.0. The van der Waals surface area contributed by atoms with Crippen molar-refractivity contribution < 1.29 is 24.1 Å². The molecule has 2 rings (SSSR count). The molecule has 0 aliphatic rings. The van der Waals surface area contributed by atoms with Gasteiger partial charge in [0.2, 0.25) is 6.79 Å². The van der Waals surface area contributed by atoms with Gasteiger partial charge in [0.05, 0.1) is 12.2 Å². The molecule has 150 valence electrons. The molecule has 0 radical (unpaired) electrons. The van der Waals surface area contributed by atoms with Gasteiger partial charge in [0.25, 0.3) is 0 Å². The van der Waals surface area contributed by atoms with Crippen molar-refractivity contribution in [2.24, 2.45) is 0 Å². The van der Waals surface area contributed by atoms with Crippen LogP contribution in [0.3, 0.4) is 0 Å². The zero-order chi connectivity index (χ0) is 20.7. The van der Waals surface area contributed by atoms with Crippen molar-refractivity contribution in [2.75, 3.05) is 13.4 Å². The van der Waals surface area contributed by atoms with E-state index in [4.69, 9.17) is 14.2 Å². The summed E-state index contributed by atoms with van der Waals surface area (Å²) < 4.78 is 15.4. The van der Waals surface area contributed by atoms with Crippen LogP contribution in [0.2, 0.25) is 0 Å². The molecule has 0 bridgehead atoms. The monoisotopic (exact) mass is 384 g/mol. The first-order chi connectivity index (χ1) is 13.4. The number of benzene rings is 2. The molecule has 2 aromatic rings. The quantitative estimate of drug-likeness (QED) is 0.456. The number of hydrogen-bond donors (Lipinski definition) is 1. The Morgan fingerprint density at radius 3 is 2.54 bits per heavy atom. The Kier molecular flexibility index (Phi) is 7.50. The molecule has 0 unspecified atom stereocenters. The summed E-state index contributed by atoms with van der Waals surface area (Å²) in [7, 11) is 0. The van der Waals surface area contributed by atoms with Crippen LogP contribution in [-0.4, -0.2) is 24.7 Å². The fourth-order valence-corrected chi connectivity index (χ4v) is 3.01. The predicted molar refractivity (Wildman–Crippen MR) is 111 cm³/mol. The molecule has 2 aromatic carbocycles. The van der Waals surface area contributed by atoms with Gasteiger partial charge in [-0.3, -0.25) is 0 Å². The lowest BCUT2D eigenvalue weighted by molar-refractivity contribution is 0.00702. The minimum atomic E-state index is -0.795. The summed E-state index contributed by atoms with van der Waals surface area (Å²) in [6, 6.07) is 9.59. The van der Waals surface area contributed by atoms with Gasteiger partial charge in [-0.1, -0.05) is 49.3 Å². The van der Waals surface area contributed by atoms with Crippen LogP contribution in [0.15, 0.2) is 36.9 Å². The summed E-state index contributed by atoms with van der Waals surface area (Å²) in [5.41, 5.74) is 5.15. The smallest absolute Gasteiger partial charge is 0.507 e. The minimum absolute atomic E-state index is 0.116. The standard InChI is InChI=1S/C23H28O5/c1-6-8-17-12-20(24)22(19-11-16(5)9-10-18(19)15(3)4)21(13-17)27-14-28-23(25)26-7-2/h9-13,24H,3,6-8,14H2,1-2,4-5H3. The van der Waals surface area contributed by atoms with E-state index in [9.17, 15) is 9.90 Å². The second kappa shape index (κ2) is 9.83. The van der Waals surface area contributed by atoms with Crippen molar-refractivity contribution in [3.8, 4) is 22.6 Å². The number of carbonyl (C=O) groups excluding carboxylic acids is 1. The van der Waals surface area contributed by atoms with Gasteiger partial charge in [-0.25, -0.2) is 4.79 Å². The first-order valence-corrected chi connectivity index (χ1v) is 9.42. The Balaban J connectivity index is 2.49. The second-order valence-corrected chi connectivity index (χ2v) is 6.66. The van der Waals surface area contributed by atoms with Crippen LogP contribution in [0.4, 0.5) is 4.79 Å². The van der Waals surface area contributed by atoms with Gasteiger partial charge in [-0.05, 0) is 56.0 Å². The molecule has 0 saturated carbocycles. The van der Waals surface area contributed by atoms with Crippen LogP contribution in [0.1, 0.15) is 43.9 Å². The van der Waals surface area contributed by atoms with E-state index in [0.717, 1.165) is 40.7 Å². The summed E-state index contributed by atoms with van der Waals surface area (Å²) in [5.74, 6) is 0.561. The van der Waals surface area contributed by atoms with E-state index in [-0.39, 0.29) is 19.1 Å². The Bertz CT molecular complexity index is 854. The number of ether oxygens (including phenoxy) is 3. The second-order valence-electron chi connectivity index (χ2n) is 6.66. The number of hydrogen-bond acceptors (Lipinski definition) is 5. The molecule has 0 aliphatic carbocycles. The molecular weight excluding hydrogens is 356 g/mol. The topological polar surface area (TPSA) is 65.0 Å². The predicted octanol–water partition coefficient (Wildman–Crippen LogP) is 5.86. The number of aromatic hydroxyl groups is 1. The highest BCUT2D eigenvalue weighted by Crippen LogP contribution is 2.42. The fourth-order valence-electron chi connectivity index (χ4n) is 3.01. The Hall–Kier alpha value is -2.95. The van der Waals surface area contributed by atoms with Crippen molar-refractivity contribution >= 4 is 11.7 Å². The lowest BCUT2D eigenvalue weighted by Gasteiger charge is -2.18. The first-order valence-electron chi connectivity index (χ1n) is 9.42. The van der Waals surface area contributed by atoms with Crippen molar-refractivity contribution in [3.63, 3.8) is 0 Å². The summed E-state index contributed by atoms with van der Waals surface area (Å²) in [6.07, 6.45) is 0.930. The molecule has 0 atom stereocenters. The van der Waals surface area contributed by atoms with Crippen molar-refractivity contribution in [2.45, 2.75) is 40.5 Å². The third-order valence-corrected chi connectivity index (χ3v) is 4.24. The van der Waals surface area contributed by atoms with E-state index in [1.54, 1.807) is 13.0 Å². The largest absolute Gasteiger partial charge is 0.511 e. The molecule has 0 aliphatic heterocycles. The van der Waals surface area contributed by atoms with E-state index in [1.165, 1.54) is 0 Å². The molecule has 0 fully saturated rings. The SMILES string of the molecule is C=C(C)c1ccc(C)cc1-c1c(O)cc(CCC)cc1OCOC(=O)OCC. The molecular formula is C23H28O5. The minimum Gasteiger partial charge on any atom is -0.507 e. The van der Waals surface area contributed by atoms with Gasteiger partial charge < -0.3 is 19.3 Å². The van der Waals surface area contributed by atoms with Crippen LogP contribution >= 0.6 is 0 Å². The molecule has 0 amide bonds. The third kappa shape index (κ3) is 5.28. The summed E-state index contributed by atoms with van der Waals surface area (Å²) >= 11 is 0. The third-order valence-electron chi connectivity index (χ3n) is 4.24. The molecule has 5 heteroatoms. The number of phenolic OH excluding ortho intramolecular Hbond substituents is 1. The first kappa shape index (κ1) is 21.4. The van der Waals surface area contributed by atoms with Crippen LogP contribution in [0, 0.1) is 6.92 Å². The molecule has 0 saturated heterocycles.